The highest BCUT2D eigenvalue weighted by Gasteiger charge is 2.13. The number of aryl methyl sites for hydroxylation is 1. The van der Waals surface area contributed by atoms with Gasteiger partial charge < -0.3 is 9.47 Å². The quantitative estimate of drug-likeness (QED) is 0.179. The van der Waals surface area contributed by atoms with E-state index in [0.29, 0.717) is 13.2 Å². The van der Waals surface area contributed by atoms with E-state index < -0.39 is 0 Å². The predicted molar refractivity (Wildman–Crippen MR) is 142 cm³/mol. The van der Waals surface area contributed by atoms with Gasteiger partial charge in [0.2, 0.25) is 0 Å². The van der Waals surface area contributed by atoms with Crippen molar-refractivity contribution in [3.63, 3.8) is 0 Å². The molecule has 0 saturated heterocycles. The van der Waals surface area contributed by atoms with E-state index in [4.69, 9.17) is 14.5 Å². The number of fused-ring (bicyclic) bond motifs is 1. The average Bonchev–Trinajstić information content (AvgIpc) is 2.80. The Labute approximate surface area is 203 Å². The molecule has 3 nitrogen and oxygen atoms in total. The van der Waals surface area contributed by atoms with E-state index in [1.54, 1.807) is 0 Å². The van der Waals surface area contributed by atoms with Gasteiger partial charge in [-0.05, 0) is 94.6 Å². The summed E-state index contributed by atoms with van der Waals surface area (Å²) in [5.41, 5.74) is 5.55. The zero-order valence-corrected chi connectivity index (χ0v) is 20.7. The second-order valence-electron chi connectivity index (χ2n) is 7.67. The van der Waals surface area contributed by atoms with Crippen LogP contribution in [0.2, 0.25) is 0 Å². The lowest BCUT2D eigenvalue weighted by molar-refractivity contribution is 0.268. The maximum atomic E-state index is 6.29. The first-order chi connectivity index (χ1) is 15.6. The van der Waals surface area contributed by atoms with Crippen molar-refractivity contribution in [3.05, 3.63) is 98.6 Å². The summed E-state index contributed by atoms with van der Waals surface area (Å²) < 4.78 is 13.2. The van der Waals surface area contributed by atoms with E-state index in [1.165, 1.54) is 21.9 Å². The molecule has 0 atom stereocenters. The van der Waals surface area contributed by atoms with Crippen LogP contribution in [0.15, 0.2) is 77.8 Å². The molecule has 0 aliphatic heterocycles. The van der Waals surface area contributed by atoms with E-state index in [1.807, 2.05) is 31.3 Å². The van der Waals surface area contributed by atoms with Crippen LogP contribution in [-0.4, -0.2) is 12.8 Å². The molecule has 162 valence electrons. The maximum Gasteiger partial charge on any atom is 0.175 e. The number of hydrogen-bond donors (Lipinski definition) is 0. The molecule has 0 heterocycles. The molecule has 0 bridgehead atoms. The van der Waals surface area contributed by atoms with Crippen molar-refractivity contribution >= 4 is 45.3 Å². The number of rotatable bonds is 7. The molecule has 4 rings (SSSR count). The Morgan fingerprint density at radius 3 is 2.53 bits per heavy atom. The fourth-order valence-corrected chi connectivity index (χ4v) is 4.43. The Hall–Kier alpha value is -2.86. The second-order valence-corrected chi connectivity index (χ2v) is 8.83. The predicted octanol–water partition coefficient (Wildman–Crippen LogP) is 7.79. The van der Waals surface area contributed by atoms with Crippen LogP contribution in [0.1, 0.15) is 29.2 Å². The van der Waals surface area contributed by atoms with Gasteiger partial charge in [-0.2, -0.15) is 0 Å². The molecule has 0 amide bonds. The van der Waals surface area contributed by atoms with Gasteiger partial charge in [-0.1, -0.05) is 54.6 Å². The van der Waals surface area contributed by atoms with Crippen molar-refractivity contribution in [1.82, 2.24) is 0 Å². The SMILES string of the molecule is CCOc1cc(C=Nc2cccc(C)c2C)cc(I)c1OCc1cccc2ccccc12. The van der Waals surface area contributed by atoms with Crippen LogP contribution in [0.25, 0.3) is 10.8 Å². The van der Waals surface area contributed by atoms with Crippen molar-refractivity contribution in [2.75, 3.05) is 6.61 Å². The van der Waals surface area contributed by atoms with Crippen molar-refractivity contribution in [1.29, 1.82) is 0 Å². The summed E-state index contributed by atoms with van der Waals surface area (Å²) in [6.45, 7) is 7.23. The Kier molecular flexibility index (Phi) is 7.10. The number of ether oxygens (including phenoxy) is 2. The van der Waals surface area contributed by atoms with Crippen molar-refractivity contribution in [3.8, 4) is 11.5 Å². The molecule has 0 spiro atoms. The van der Waals surface area contributed by atoms with E-state index in [0.717, 1.165) is 31.9 Å². The highest BCUT2D eigenvalue weighted by atomic mass is 127. The largest absolute Gasteiger partial charge is 0.490 e. The first kappa shape index (κ1) is 22.3. The van der Waals surface area contributed by atoms with E-state index in [-0.39, 0.29) is 0 Å². The van der Waals surface area contributed by atoms with Crippen molar-refractivity contribution in [2.45, 2.75) is 27.4 Å². The standard InChI is InChI=1S/C28H26INO2/c1-4-31-27-16-21(17-30-26-14-7-9-19(2)20(26)3)15-25(29)28(27)32-18-23-12-8-11-22-10-5-6-13-24(22)23/h5-17H,4,18H2,1-3H3. The van der Waals surface area contributed by atoms with E-state index >= 15 is 0 Å². The molecule has 0 aliphatic rings. The molecule has 0 radical (unpaired) electrons. The van der Waals surface area contributed by atoms with Gasteiger partial charge in [0.25, 0.3) is 0 Å². The third-order valence-corrected chi connectivity index (χ3v) is 6.31. The molecule has 0 saturated carbocycles. The summed E-state index contributed by atoms with van der Waals surface area (Å²) in [6, 6.07) is 24.9. The molecule has 0 N–H and O–H groups in total. The fraction of sp³-hybridized carbons (Fsp3) is 0.179. The minimum Gasteiger partial charge on any atom is -0.490 e. The van der Waals surface area contributed by atoms with E-state index in [2.05, 4.69) is 91.0 Å². The first-order valence-electron chi connectivity index (χ1n) is 10.7. The molecule has 0 aliphatic carbocycles. The van der Waals surface area contributed by atoms with Crippen LogP contribution in [0, 0.1) is 17.4 Å². The molecule has 0 unspecified atom stereocenters. The van der Waals surface area contributed by atoms with Gasteiger partial charge in [0, 0.05) is 6.21 Å². The number of nitrogens with zero attached hydrogens (tertiary/aromatic N) is 1. The highest BCUT2D eigenvalue weighted by Crippen LogP contribution is 2.35. The zero-order chi connectivity index (χ0) is 22.5. The smallest absolute Gasteiger partial charge is 0.175 e. The minimum atomic E-state index is 0.480. The van der Waals surface area contributed by atoms with Crippen LogP contribution in [-0.2, 0) is 6.61 Å². The van der Waals surface area contributed by atoms with Gasteiger partial charge in [-0.3, -0.25) is 4.99 Å². The van der Waals surface area contributed by atoms with Gasteiger partial charge in [-0.15, -0.1) is 0 Å². The molecule has 4 aromatic rings. The molecule has 0 fully saturated rings. The second kappa shape index (κ2) is 10.2. The van der Waals surface area contributed by atoms with Gasteiger partial charge >= 0.3 is 0 Å². The molecular formula is C28H26INO2. The van der Waals surface area contributed by atoms with Crippen molar-refractivity contribution < 1.29 is 9.47 Å². The molecular weight excluding hydrogens is 509 g/mol. The van der Waals surface area contributed by atoms with Crippen LogP contribution < -0.4 is 9.47 Å². The van der Waals surface area contributed by atoms with Gasteiger partial charge in [0.05, 0.1) is 15.9 Å². The molecule has 4 aromatic carbocycles. The van der Waals surface area contributed by atoms with Crippen LogP contribution >= 0.6 is 22.6 Å². The number of benzene rings is 4. The Bertz CT molecular complexity index is 1270. The number of aliphatic imine (C=N–C) groups is 1. The number of hydrogen-bond acceptors (Lipinski definition) is 3. The summed E-state index contributed by atoms with van der Waals surface area (Å²) in [5, 5.41) is 2.42. The minimum absolute atomic E-state index is 0.480. The lowest BCUT2D eigenvalue weighted by Crippen LogP contribution is -2.03. The monoisotopic (exact) mass is 535 g/mol. The van der Waals surface area contributed by atoms with Gasteiger partial charge in [0.15, 0.2) is 11.5 Å². The van der Waals surface area contributed by atoms with Crippen LogP contribution in [0.5, 0.6) is 11.5 Å². The summed E-state index contributed by atoms with van der Waals surface area (Å²) >= 11 is 2.31. The Morgan fingerprint density at radius 2 is 1.69 bits per heavy atom. The third-order valence-electron chi connectivity index (χ3n) is 5.51. The molecule has 4 heteroatoms. The summed E-state index contributed by atoms with van der Waals surface area (Å²) in [7, 11) is 0. The van der Waals surface area contributed by atoms with E-state index in [9.17, 15) is 0 Å². The van der Waals surface area contributed by atoms with Gasteiger partial charge in [-0.25, -0.2) is 0 Å². The summed E-state index contributed by atoms with van der Waals surface area (Å²) in [6.07, 6.45) is 1.89. The van der Waals surface area contributed by atoms with Gasteiger partial charge in [0.1, 0.15) is 6.61 Å². The average molecular weight is 535 g/mol. The van der Waals surface area contributed by atoms with Crippen LogP contribution in [0.4, 0.5) is 5.69 Å². The van der Waals surface area contributed by atoms with Crippen LogP contribution in [0.3, 0.4) is 0 Å². The summed E-state index contributed by atoms with van der Waals surface area (Å²) in [5.74, 6) is 1.51. The zero-order valence-electron chi connectivity index (χ0n) is 18.6. The highest BCUT2D eigenvalue weighted by molar-refractivity contribution is 14.1. The normalized spacial score (nSPS) is 11.2. The summed E-state index contributed by atoms with van der Waals surface area (Å²) in [4.78, 5) is 4.71. The topological polar surface area (TPSA) is 30.8 Å². The molecule has 0 aromatic heterocycles. The fourth-order valence-electron chi connectivity index (χ4n) is 3.65. The van der Waals surface area contributed by atoms with Crippen molar-refractivity contribution in [2.24, 2.45) is 4.99 Å². The maximum absolute atomic E-state index is 6.29. The third kappa shape index (κ3) is 4.96. The number of halogens is 1. The Morgan fingerprint density at radius 1 is 0.906 bits per heavy atom. The first-order valence-corrected chi connectivity index (χ1v) is 11.8. The lowest BCUT2D eigenvalue weighted by Gasteiger charge is -2.15. The Balaban J connectivity index is 1.61. The lowest BCUT2D eigenvalue weighted by atomic mass is 10.1. The molecule has 32 heavy (non-hydrogen) atoms.